The largest absolute Gasteiger partial charge is 0.389 e. The normalized spacial score (nSPS) is 16.3. The van der Waals surface area contributed by atoms with Crippen molar-refractivity contribution in [1.82, 2.24) is 9.97 Å². The Kier molecular flexibility index (Phi) is 2.58. The summed E-state index contributed by atoms with van der Waals surface area (Å²) < 4.78 is 0. The van der Waals surface area contributed by atoms with Crippen LogP contribution in [-0.2, 0) is 0 Å². The lowest BCUT2D eigenvalue weighted by Crippen LogP contribution is -2.27. The zero-order chi connectivity index (χ0) is 8.27. The van der Waals surface area contributed by atoms with E-state index in [1.807, 2.05) is 0 Å². The second kappa shape index (κ2) is 3.47. The van der Waals surface area contributed by atoms with Crippen LogP contribution in [0.1, 0.15) is 11.8 Å². The number of aliphatic hydroxyl groups is 2. The number of nitrogens with one attached hydrogen (secondary N) is 1. The van der Waals surface area contributed by atoms with Crippen LogP contribution in [0.15, 0.2) is 12.5 Å². The zero-order valence-electron chi connectivity index (χ0n) is 5.94. The maximum absolute atomic E-state index is 9.28. The Morgan fingerprint density at radius 2 is 2.36 bits per heavy atom. The van der Waals surface area contributed by atoms with Gasteiger partial charge in [0, 0.05) is 6.54 Å². The summed E-state index contributed by atoms with van der Waals surface area (Å²) >= 11 is 0. The van der Waals surface area contributed by atoms with E-state index in [0.717, 1.165) is 0 Å². The third-order valence-corrected chi connectivity index (χ3v) is 1.44. The van der Waals surface area contributed by atoms with Crippen LogP contribution in [-0.4, -0.2) is 32.8 Å². The molecule has 0 amide bonds. The first kappa shape index (κ1) is 8.19. The third-order valence-electron chi connectivity index (χ3n) is 1.44. The molecule has 0 aliphatic rings. The topological polar surface area (TPSA) is 95.2 Å². The number of aromatic amines is 1. The molecule has 2 atom stereocenters. The monoisotopic (exact) mass is 157 g/mol. The van der Waals surface area contributed by atoms with E-state index < -0.39 is 12.2 Å². The van der Waals surface area contributed by atoms with E-state index in [9.17, 15) is 5.11 Å². The number of rotatable bonds is 3. The highest BCUT2D eigenvalue weighted by molar-refractivity contribution is 5.01. The number of nitrogens with zero attached hydrogens (tertiary/aromatic N) is 1. The summed E-state index contributed by atoms with van der Waals surface area (Å²) in [6.45, 7) is 0.0280. The van der Waals surface area contributed by atoms with Gasteiger partial charge in [0.2, 0.25) is 0 Å². The highest BCUT2D eigenvalue weighted by Gasteiger charge is 2.17. The van der Waals surface area contributed by atoms with Crippen molar-refractivity contribution in [3.8, 4) is 0 Å². The van der Waals surface area contributed by atoms with Crippen LogP contribution in [0.3, 0.4) is 0 Å². The van der Waals surface area contributed by atoms with Crippen molar-refractivity contribution < 1.29 is 10.2 Å². The SMILES string of the molecule is NCC(O)C(O)c1cnc[nH]1. The number of hydrogen-bond acceptors (Lipinski definition) is 4. The first-order valence-electron chi connectivity index (χ1n) is 3.30. The summed E-state index contributed by atoms with van der Waals surface area (Å²) in [5.41, 5.74) is 5.61. The van der Waals surface area contributed by atoms with Gasteiger partial charge in [-0.2, -0.15) is 0 Å². The minimum absolute atomic E-state index is 0.0280. The molecule has 1 aromatic heterocycles. The second-order valence-electron chi connectivity index (χ2n) is 2.25. The Bertz CT molecular complexity index is 200. The number of nitrogens with two attached hydrogens (primary N) is 1. The van der Waals surface area contributed by atoms with Gasteiger partial charge in [0.15, 0.2) is 0 Å². The molecule has 0 aliphatic carbocycles. The molecule has 0 radical (unpaired) electrons. The van der Waals surface area contributed by atoms with Crippen molar-refractivity contribution in [2.75, 3.05) is 6.54 Å². The smallest absolute Gasteiger partial charge is 0.122 e. The number of H-pyrrole nitrogens is 1. The molecule has 0 saturated heterocycles. The minimum atomic E-state index is -0.970. The molecule has 1 aromatic rings. The van der Waals surface area contributed by atoms with Crippen molar-refractivity contribution in [3.63, 3.8) is 0 Å². The van der Waals surface area contributed by atoms with Crippen molar-refractivity contribution in [1.29, 1.82) is 0 Å². The fourth-order valence-electron chi connectivity index (χ4n) is 0.765. The molecule has 0 saturated carbocycles. The summed E-state index contributed by atoms with van der Waals surface area (Å²) in [5, 5.41) is 18.4. The van der Waals surface area contributed by atoms with Gasteiger partial charge in [-0.1, -0.05) is 0 Å². The van der Waals surface area contributed by atoms with E-state index >= 15 is 0 Å². The predicted molar refractivity (Wildman–Crippen MR) is 38.6 cm³/mol. The average molecular weight is 157 g/mol. The molecule has 62 valence electrons. The zero-order valence-corrected chi connectivity index (χ0v) is 5.94. The lowest BCUT2D eigenvalue weighted by molar-refractivity contribution is 0.0220. The first-order valence-corrected chi connectivity index (χ1v) is 3.30. The van der Waals surface area contributed by atoms with Crippen LogP contribution < -0.4 is 5.73 Å². The van der Waals surface area contributed by atoms with Gasteiger partial charge in [-0.05, 0) is 0 Å². The number of imidazole rings is 1. The second-order valence-corrected chi connectivity index (χ2v) is 2.25. The summed E-state index contributed by atoms with van der Waals surface area (Å²) in [6.07, 6.45) is 0.976. The van der Waals surface area contributed by atoms with Crippen LogP contribution in [0.2, 0.25) is 0 Å². The first-order chi connectivity index (χ1) is 5.25. The molecule has 5 N–H and O–H groups in total. The molecule has 5 heteroatoms. The molecule has 11 heavy (non-hydrogen) atoms. The molecule has 0 spiro atoms. The Balaban J connectivity index is 2.62. The molecule has 5 nitrogen and oxygen atoms in total. The van der Waals surface area contributed by atoms with Gasteiger partial charge in [-0.25, -0.2) is 4.98 Å². The Morgan fingerprint density at radius 1 is 1.64 bits per heavy atom. The molecule has 0 bridgehead atoms. The van der Waals surface area contributed by atoms with E-state index in [2.05, 4.69) is 9.97 Å². The van der Waals surface area contributed by atoms with E-state index in [1.54, 1.807) is 0 Å². The highest BCUT2D eigenvalue weighted by atomic mass is 16.3. The Hall–Kier alpha value is -0.910. The predicted octanol–water partition coefficient (Wildman–Crippen LogP) is -1.24. The number of hydrogen-bond donors (Lipinski definition) is 4. The van der Waals surface area contributed by atoms with Gasteiger partial charge in [-0.3, -0.25) is 0 Å². The van der Waals surface area contributed by atoms with E-state index in [0.29, 0.717) is 5.69 Å². The molecule has 0 aromatic carbocycles. The molecular formula is C6H11N3O2. The lowest BCUT2D eigenvalue weighted by Gasteiger charge is -2.13. The number of aliphatic hydroxyl groups excluding tert-OH is 2. The molecule has 0 aliphatic heterocycles. The minimum Gasteiger partial charge on any atom is -0.389 e. The summed E-state index contributed by atoms with van der Waals surface area (Å²) in [7, 11) is 0. The van der Waals surface area contributed by atoms with Gasteiger partial charge in [0.25, 0.3) is 0 Å². The Morgan fingerprint density at radius 3 is 2.82 bits per heavy atom. The van der Waals surface area contributed by atoms with Crippen LogP contribution in [0.25, 0.3) is 0 Å². The van der Waals surface area contributed by atoms with Crippen LogP contribution in [0, 0.1) is 0 Å². The standard InChI is InChI=1S/C6H11N3O2/c7-1-5(10)6(11)4-2-8-3-9-4/h2-3,5-6,10-11H,1,7H2,(H,8,9). The van der Waals surface area contributed by atoms with Gasteiger partial charge in [0.1, 0.15) is 6.10 Å². The van der Waals surface area contributed by atoms with Gasteiger partial charge in [0.05, 0.1) is 24.3 Å². The maximum Gasteiger partial charge on any atom is 0.122 e. The van der Waals surface area contributed by atoms with Crippen LogP contribution >= 0.6 is 0 Å². The van der Waals surface area contributed by atoms with E-state index in [-0.39, 0.29) is 6.54 Å². The van der Waals surface area contributed by atoms with Crippen molar-refractivity contribution in [3.05, 3.63) is 18.2 Å². The molecule has 0 fully saturated rings. The van der Waals surface area contributed by atoms with Gasteiger partial charge >= 0.3 is 0 Å². The fraction of sp³-hybridized carbons (Fsp3) is 0.500. The third kappa shape index (κ3) is 1.76. The fourth-order valence-corrected chi connectivity index (χ4v) is 0.765. The van der Waals surface area contributed by atoms with E-state index in [4.69, 9.17) is 10.8 Å². The number of aromatic nitrogens is 2. The van der Waals surface area contributed by atoms with Crippen LogP contribution in [0.5, 0.6) is 0 Å². The lowest BCUT2D eigenvalue weighted by atomic mass is 10.1. The van der Waals surface area contributed by atoms with Crippen molar-refractivity contribution in [2.45, 2.75) is 12.2 Å². The molecule has 2 unspecified atom stereocenters. The van der Waals surface area contributed by atoms with Gasteiger partial charge in [-0.15, -0.1) is 0 Å². The maximum atomic E-state index is 9.28. The molecular weight excluding hydrogens is 146 g/mol. The van der Waals surface area contributed by atoms with Crippen molar-refractivity contribution >= 4 is 0 Å². The summed E-state index contributed by atoms with van der Waals surface area (Å²) in [4.78, 5) is 6.37. The summed E-state index contributed by atoms with van der Waals surface area (Å²) in [6, 6.07) is 0. The summed E-state index contributed by atoms with van der Waals surface area (Å²) in [5.74, 6) is 0. The van der Waals surface area contributed by atoms with Crippen molar-refractivity contribution in [2.24, 2.45) is 5.73 Å². The highest BCUT2D eigenvalue weighted by Crippen LogP contribution is 2.11. The van der Waals surface area contributed by atoms with Gasteiger partial charge < -0.3 is 20.9 Å². The van der Waals surface area contributed by atoms with E-state index in [1.165, 1.54) is 12.5 Å². The molecule has 1 heterocycles. The molecule has 1 rings (SSSR count). The van der Waals surface area contributed by atoms with Crippen LogP contribution in [0.4, 0.5) is 0 Å². The quantitative estimate of drug-likeness (QED) is 0.441. The Labute approximate surface area is 63.9 Å². The average Bonchev–Trinajstić information content (AvgIpc) is 2.53.